The number of nitrogens with zero attached hydrogens (tertiary/aromatic N) is 2. The molecule has 146 valence electrons. The number of hydrogen-bond acceptors (Lipinski definition) is 4. The second-order valence-electron chi connectivity index (χ2n) is 7.15. The van der Waals surface area contributed by atoms with Crippen molar-refractivity contribution in [2.75, 3.05) is 33.0 Å². The molecule has 0 saturated carbocycles. The van der Waals surface area contributed by atoms with E-state index < -0.39 is 0 Å². The molecule has 0 atom stereocenters. The minimum absolute atomic E-state index is 0.0494. The molecule has 2 aromatic carbocycles. The summed E-state index contributed by atoms with van der Waals surface area (Å²) < 4.78 is 10.8. The van der Waals surface area contributed by atoms with Crippen molar-refractivity contribution in [2.45, 2.75) is 13.5 Å². The molecular weight excluding hydrogens is 354 g/mol. The quantitative estimate of drug-likeness (QED) is 0.886. The zero-order valence-corrected chi connectivity index (χ0v) is 16.1. The Morgan fingerprint density at radius 1 is 1.07 bits per heavy atom. The molecule has 2 aliphatic heterocycles. The molecule has 4 rings (SSSR count). The summed E-state index contributed by atoms with van der Waals surface area (Å²) in [5.41, 5.74) is 3.48. The van der Waals surface area contributed by atoms with Crippen LogP contribution < -0.4 is 14.8 Å². The summed E-state index contributed by atoms with van der Waals surface area (Å²) in [6.07, 6.45) is 3.64. The van der Waals surface area contributed by atoms with Crippen LogP contribution in [0.5, 0.6) is 11.5 Å². The highest BCUT2D eigenvalue weighted by atomic mass is 16.7. The van der Waals surface area contributed by atoms with Crippen LogP contribution in [-0.4, -0.2) is 48.8 Å². The van der Waals surface area contributed by atoms with E-state index in [0.29, 0.717) is 19.9 Å². The van der Waals surface area contributed by atoms with Crippen LogP contribution in [0.4, 0.5) is 4.79 Å². The third-order valence-corrected chi connectivity index (χ3v) is 5.03. The van der Waals surface area contributed by atoms with Crippen LogP contribution in [0.25, 0.3) is 6.08 Å². The summed E-state index contributed by atoms with van der Waals surface area (Å²) >= 11 is 0. The van der Waals surface area contributed by atoms with Crippen molar-refractivity contribution >= 4 is 12.1 Å². The van der Waals surface area contributed by atoms with Gasteiger partial charge in [0.05, 0.1) is 0 Å². The van der Waals surface area contributed by atoms with Crippen LogP contribution in [0.15, 0.2) is 48.7 Å². The van der Waals surface area contributed by atoms with Crippen LogP contribution in [-0.2, 0) is 6.54 Å². The number of rotatable bonds is 4. The first kappa shape index (κ1) is 18.4. The highest BCUT2D eigenvalue weighted by Gasteiger charge is 2.21. The van der Waals surface area contributed by atoms with Gasteiger partial charge in [-0.05, 0) is 36.3 Å². The lowest BCUT2D eigenvalue weighted by Crippen LogP contribution is -2.50. The Kier molecular flexibility index (Phi) is 5.48. The lowest BCUT2D eigenvalue weighted by Gasteiger charge is -2.34. The molecule has 2 aromatic rings. The third kappa shape index (κ3) is 4.46. The zero-order chi connectivity index (χ0) is 19.3. The highest BCUT2D eigenvalue weighted by molar-refractivity contribution is 5.76. The largest absolute Gasteiger partial charge is 0.454 e. The number of aryl methyl sites for hydroxylation is 1. The van der Waals surface area contributed by atoms with Gasteiger partial charge < -0.3 is 19.7 Å². The van der Waals surface area contributed by atoms with E-state index in [1.54, 1.807) is 6.20 Å². The molecule has 0 bridgehead atoms. The van der Waals surface area contributed by atoms with E-state index in [-0.39, 0.29) is 6.03 Å². The van der Waals surface area contributed by atoms with Gasteiger partial charge in [0.15, 0.2) is 11.5 Å². The van der Waals surface area contributed by atoms with E-state index in [0.717, 1.165) is 36.7 Å². The Hall–Kier alpha value is -2.99. The van der Waals surface area contributed by atoms with Gasteiger partial charge in [-0.1, -0.05) is 35.9 Å². The maximum absolute atomic E-state index is 12.4. The number of nitrogens with one attached hydrogen (secondary N) is 1. The number of piperazine rings is 1. The molecule has 1 saturated heterocycles. The standard InChI is InChI=1S/C22H25N3O3/c1-17-3-2-4-18(13-17)7-8-23-22(26)25-11-9-24(10-12-25)15-19-5-6-20-21(14-19)28-16-27-20/h2-8,13-14H,9-12,15-16H2,1H3,(H,23,26)/b8-7+. The Balaban J connectivity index is 1.24. The first-order chi connectivity index (χ1) is 13.7. The fraction of sp³-hybridized carbons (Fsp3) is 0.318. The van der Waals surface area contributed by atoms with E-state index in [4.69, 9.17) is 9.47 Å². The van der Waals surface area contributed by atoms with Crippen LogP contribution in [0.2, 0.25) is 0 Å². The van der Waals surface area contributed by atoms with Crippen molar-refractivity contribution in [3.63, 3.8) is 0 Å². The van der Waals surface area contributed by atoms with Gasteiger partial charge in [0.2, 0.25) is 6.79 Å². The first-order valence-electron chi connectivity index (χ1n) is 9.57. The van der Waals surface area contributed by atoms with Crippen LogP contribution in [0.1, 0.15) is 16.7 Å². The fourth-order valence-electron chi connectivity index (χ4n) is 3.48. The minimum Gasteiger partial charge on any atom is -0.454 e. The van der Waals surface area contributed by atoms with Gasteiger partial charge in [0.25, 0.3) is 0 Å². The molecule has 0 aromatic heterocycles. The molecule has 2 heterocycles. The molecule has 1 N–H and O–H groups in total. The smallest absolute Gasteiger partial charge is 0.321 e. The first-order valence-corrected chi connectivity index (χ1v) is 9.57. The monoisotopic (exact) mass is 379 g/mol. The van der Waals surface area contributed by atoms with Gasteiger partial charge in [-0.2, -0.15) is 0 Å². The summed E-state index contributed by atoms with van der Waals surface area (Å²) in [5, 5.41) is 2.87. The van der Waals surface area contributed by atoms with Crippen LogP contribution in [0.3, 0.4) is 0 Å². The average molecular weight is 379 g/mol. The number of benzene rings is 2. The zero-order valence-electron chi connectivity index (χ0n) is 16.1. The fourth-order valence-corrected chi connectivity index (χ4v) is 3.48. The summed E-state index contributed by atoms with van der Waals surface area (Å²) in [6.45, 7) is 6.33. The summed E-state index contributed by atoms with van der Waals surface area (Å²) in [7, 11) is 0. The van der Waals surface area contributed by atoms with Gasteiger partial charge in [-0.25, -0.2) is 4.79 Å². The number of fused-ring (bicyclic) bond motifs is 1. The predicted octanol–water partition coefficient (Wildman–Crippen LogP) is 3.22. The topological polar surface area (TPSA) is 54.0 Å². The molecular formula is C22H25N3O3. The number of ether oxygens (including phenoxy) is 2. The average Bonchev–Trinajstić information content (AvgIpc) is 3.16. The molecule has 0 aliphatic carbocycles. The van der Waals surface area contributed by atoms with Crippen molar-refractivity contribution in [3.8, 4) is 11.5 Å². The van der Waals surface area contributed by atoms with E-state index in [9.17, 15) is 4.79 Å². The van der Waals surface area contributed by atoms with Gasteiger partial charge in [0, 0.05) is 38.9 Å². The summed E-state index contributed by atoms with van der Waals surface area (Å²) in [5.74, 6) is 1.62. The minimum atomic E-state index is -0.0494. The molecule has 0 radical (unpaired) electrons. The Bertz CT molecular complexity index is 873. The van der Waals surface area contributed by atoms with Gasteiger partial charge in [-0.3, -0.25) is 4.90 Å². The molecule has 2 aliphatic rings. The maximum Gasteiger partial charge on any atom is 0.321 e. The molecule has 1 fully saturated rings. The molecule has 6 heteroatoms. The Labute approximate surface area is 165 Å². The lowest BCUT2D eigenvalue weighted by molar-refractivity contribution is 0.137. The molecule has 0 unspecified atom stereocenters. The predicted molar refractivity (Wildman–Crippen MR) is 108 cm³/mol. The molecule has 0 spiro atoms. The summed E-state index contributed by atoms with van der Waals surface area (Å²) in [4.78, 5) is 16.6. The SMILES string of the molecule is Cc1cccc(/C=C/NC(=O)N2CCN(Cc3ccc4c(c3)OCO4)CC2)c1. The lowest BCUT2D eigenvalue weighted by atomic mass is 10.1. The normalized spacial score (nSPS) is 16.5. The number of urea groups is 1. The Morgan fingerprint density at radius 2 is 1.89 bits per heavy atom. The second kappa shape index (κ2) is 8.35. The molecule has 6 nitrogen and oxygen atoms in total. The van der Waals surface area contributed by atoms with E-state index in [1.165, 1.54) is 11.1 Å². The number of carbonyl (C=O) groups is 1. The van der Waals surface area contributed by atoms with Crippen molar-refractivity contribution in [1.82, 2.24) is 15.1 Å². The number of amides is 2. The van der Waals surface area contributed by atoms with Crippen LogP contribution >= 0.6 is 0 Å². The van der Waals surface area contributed by atoms with Crippen LogP contribution in [0, 0.1) is 6.92 Å². The number of hydrogen-bond donors (Lipinski definition) is 1. The van der Waals surface area contributed by atoms with Gasteiger partial charge in [-0.15, -0.1) is 0 Å². The van der Waals surface area contributed by atoms with Gasteiger partial charge in [0.1, 0.15) is 0 Å². The van der Waals surface area contributed by atoms with E-state index >= 15 is 0 Å². The van der Waals surface area contributed by atoms with Crippen molar-refractivity contribution in [1.29, 1.82) is 0 Å². The highest BCUT2D eigenvalue weighted by Crippen LogP contribution is 2.32. The molecule has 2 amide bonds. The molecule has 28 heavy (non-hydrogen) atoms. The Morgan fingerprint density at radius 3 is 2.71 bits per heavy atom. The van der Waals surface area contributed by atoms with E-state index in [1.807, 2.05) is 35.2 Å². The van der Waals surface area contributed by atoms with Crippen molar-refractivity contribution in [3.05, 3.63) is 65.4 Å². The van der Waals surface area contributed by atoms with Crippen molar-refractivity contribution in [2.24, 2.45) is 0 Å². The maximum atomic E-state index is 12.4. The summed E-state index contributed by atoms with van der Waals surface area (Å²) in [6, 6.07) is 14.2. The van der Waals surface area contributed by atoms with Gasteiger partial charge >= 0.3 is 6.03 Å². The number of carbonyl (C=O) groups excluding carboxylic acids is 1. The van der Waals surface area contributed by atoms with Crippen molar-refractivity contribution < 1.29 is 14.3 Å². The van der Waals surface area contributed by atoms with E-state index in [2.05, 4.69) is 35.3 Å². The second-order valence-corrected chi connectivity index (χ2v) is 7.15. The third-order valence-electron chi connectivity index (χ3n) is 5.03.